The Morgan fingerprint density at radius 1 is 0.567 bits per heavy atom. The number of hydrogen-bond acceptors (Lipinski definition) is 9. The van der Waals surface area contributed by atoms with E-state index in [2.05, 4.69) is 19.2 Å². The van der Waals surface area contributed by atoms with Crippen molar-refractivity contribution in [2.45, 2.75) is 300 Å². The Hall–Kier alpha value is -0.850. The zero-order valence-corrected chi connectivity index (χ0v) is 39.2. The molecule has 8 N–H and O–H groups in total. The van der Waals surface area contributed by atoms with Gasteiger partial charge >= 0.3 is 0 Å². The van der Waals surface area contributed by atoms with E-state index < -0.39 is 55.5 Å². The largest absolute Gasteiger partial charge is 0.394 e. The third-order valence-electron chi connectivity index (χ3n) is 12.9. The molecule has 1 aliphatic heterocycles. The summed E-state index contributed by atoms with van der Waals surface area (Å²) in [6, 6.07) is -2.03. The van der Waals surface area contributed by atoms with Gasteiger partial charge in [-0.05, 0) is 12.8 Å². The highest BCUT2D eigenvalue weighted by Gasteiger charge is 2.43. The molecule has 60 heavy (non-hydrogen) atoms. The van der Waals surface area contributed by atoms with E-state index in [9.17, 15) is 30.3 Å². The summed E-state index contributed by atoms with van der Waals surface area (Å²) in [5.41, 5.74) is 6.06. The number of amides is 1. The van der Waals surface area contributed by atoms with Crippen LogP contribution in [0.25, 0.3) is 0 Å². The summed E-state index contributed by atoms with van der Waals surface area (Å²) in [6.07, 6.45) is 38.1. The maximum atomic E-state index is 13.1. The molecule has 0 spiro atoms. The van der Waals surface area contributed by atoms with E-state index in [-0.39, 0.29) is 12.5 Å². The van der Waals surface area contributed by atoms with Gasteiger partial charge in [-0.25, -0.2) is 0 Å². The van der Waals surface area contributed by atoms with Gasteiger partial charge in [-0.2, -0.15) is 0 Å². The van der Waals surface area contributed by atoms with Crippen LogP contribution < -0.4 is 11.1 Å². The van der Waals surface area contributed by atoms with Crippen molar-refractivity contribution in [3.63, 3.8) is 0 Å². The average Bonchev–Trinajstić information content (AvgIpc) is 3.25. The second kappa shape index (κ2) is 40.9. The number of ether oxygens (including phenoxy) is 2. The van der Waals surface area contributed by atoms with Crippen molar-refractivity contribution in [3.05, 3.63) is 0 Å². The Morgan fingerprint density at radius 2 is 0.917 bits per heavy atom. The maximum Gasteiger partial charge on any atom is 0.220 e. The molecule has 0 aliphatic carbocycles. The zero-order valence-electron chi connectivity index (χ0n) is 39.2. The van der Waals surface area contributed by atoms with Crippen LogP contribution >= 0.6 is 0 Å². The van der Waals surface area contributed by atoms with Gasteiger partial charge in [0.1, 0.15) is 24.4 Å². The van der Waals surface area contributed by atoms with Crippen LogP contribution in [-0.4, -0.2) is 93.5 Å². The molecule has 1 fully saturated rings. The third kappa shape index (κ3) is 30.3. The predicted octanol–water partition coefficient (Wildman–Crippen LogP) is 10.4. The molecule has 1 amide bonds. The highest BCUT2D eigenvalue weighted by molar-refractivity contribution is 5.76. The molecule has 0 bridgehead atoms. The van der Waals surface area contributed by atoms with Crippen LogP contribution in [0.4, 0.5) is 0 Å². The van der Waals surface area contributed by atoms with Gasteiger partial charge in [-0.3, -0.25) is 4.79 Å². The van der Waals surface area contributed by atoms with Crippen LogP contribution in [0.3, 0.4) is 0 Å². The van der Waals surface area contributed by atoms with Gasteiger partial charge in [0.05, 0.1) is 31.4 Å². The number of nitrogens with two attached hydrogens (primary N) is 1. The lowest BCUT2D eigenvalue weighted by Gasteiger charge is -2.41. The molecule has 0 aromatic carbocycles. The van der Waals surface area contributed by atoms with Gasteiger partial charge in [0.2, 0.25) is 5.91 Å². The van der Waals surface area contributed by atoms with E-state index in [1.165, 1.54) is 186 Å². The first kappa shape index (κ1) is 57.2. The number of hydrogen-bond donors (Lipinski definition) is 7. The molecule has 1 heterocycles. The van der Waals surface area contributed by atoms with Gasteiger partial charge in [0.15, 0.2) is 6.29 Å². The average molecular weight is 857 g/mol. The van der Waals surface area contributed by atoms with Crippen molar-refractivity contribution in [1.82, 2.24) is 5.32 Å². The number of aliphatic hydroxyl groups is 5. The molecule has 0 aromatic heterocycles. The summed E-state index contributed by atoms with van der Waals surface area (Å²) < 4.78 is 11.4. The number of unbranched alkanes of at least 4 members (excludes halogenated alkanes) is 33. The fourth-order valence-electron chi connectivity index (χ4n) is 8.66. The molecule has 10 nitrogen and oxygen atoms in total. The lowest BCUT2D eigenvalue weighted by molar-refractivity contribution is -0.268. The Balaban J connectivity index is 2.26. The molecule has 0 aromatic rings. The quantitative estimate of drug-likeness (QED) is 0.0294. The summed E-state index contributed by atoms with van der Waals surface area (Å²) in [7, 11) is 0. The molecule has 1 saturated heterocycles. The van der Waals surface area contributed by atoms with Crippen LogP contribution in [0.15, 0.2) is 0 Å². The minimum Gasteiger partial charge on any atom is -0.394 e. The predicted molar refractivity (Wildman–Crippen MR) is 248 cm³/mol. The molecular formula is C50H100N2O8. The molecular weight excluding hydrogens is 757 g/mol. The number of carbonyl (C=O) groups is 1. The highest BCUT2D eigenvalue weighted by Crippen LogP contribution is 2.22. The minimum absolute atomic E-state index is 0.221. The van der Waals surface area contributed by atoms with Crippen molar-refractivity contribution >= 4 is 5.91 Å². The van der Waals surface area contributed by atoms with Crippen molar-refractivity contribution in [2.24, 2.45) is 5.73 Å². The summed E-state index contributed by atoms with van der Waals surface area (Å²) in [6.45, 7) is 3.77. The number of carbonyl (C=O) groups excluding carboxylic acids is 1. The first-order valence-corrected chi connectivity index (χ1v) is 25.9. The molecule has 358 valence electrons. The first-order valence-electron chi connectivity index (χ1n) is 25.9. The summed E-state index contributed by atoms with van der Waals surface area (Å²) in [4.78, 5) is 13.1. The molecule has 0 radical (unpaired) electrons. The Morgan fingerprint density at radius 3 is 1.28 bits per heavy atom. The lowest BCUT2D eigenvalue weighted by Crippen LogP contribution is -2.63. The zero-order chi connectivity index (χ0) is 43.9. The lowest BCUT2D eigenvalue weighted by atomic mass is 9.97. The van der Waals surface area contributed by atoms with Crippen LogP contribution in [0, 0.1) is 0 Å². The topological polar surface area (TPSA) is 175 Å². The van der Waals surface area contributed by atoms with Gasteiger partial charge in [0, 0.05) is 6.42 Å². The SMILES string of the molecule is CCCCCCCCCCCCCCCCCCCCCCCCCC(=O)N[C@@H](COC1OC(CO)C(O)C(O)C1N)[C@H](O)[C@H](O)CCCCCCCCCCCCCC. The van der Waals surface area contributed by atoms with Crippen LogP contribution in [0.5, 0.6) is 0 Å². The summed E-state index contributed by atoms with van der Waals surface area (Å²) >= 11 is 0. The number of rotatable bonds is 44. The Bertz CT molecular complexity index is 929. The smallest absolute Gasteiger partial charge is 0.220 e. The third-order valence-corrected chi connectivity index (χ3v) is 12.9. The molecule has 1 rings (SSSR count). The second-order valence-corrected chi connectivity index (χ2v) is 18.6. The molecule has 8 atom stereocenters. The van der Waals surface area contributed by atoms with E-state index >= 15 is 0 Å². The van der Waals surface area contributed by atoms with Gasteiger partial charge in [0.25, 0.3) is 0 Å². The standard InChI is InChI=1S/C50H100N2O8/c1-3-5-7-9-11-13-15-17-18-19-20-21-22-23-24-25-26-27-29-31-33-35-37-39-45(55)52-42(41-59-50-46(51)49(58)48(57)44(40-53)60-50)47(56)43(54)38-36-34-32-30-28-16-14-12-10-8-6-4-2/h42-44,46-50,53-54,56-58H,3-41,51H2,1-2H3,(H,52,55)/t42-,43+,44?,46?,47-,48?,49?,50?/m0/s1. The maximum absolute atomic E-state index is 13.1. The van der Waals surface area contributed by atoms with Gasteiger partial charge in [-0.15, -0.1) is 0 Å². The number of nitrogens with one attached hydrogen (secondary N) is 1. The molecule has 10 heteroatoms. The minimum atomic E-state index is -1.38. The fraction of sp³-hybridized carbons (Fsp3) is 0.980. The summed E-state index contributed by atoms with van der Waals surface area (Å²) in [5.74, 6) is -0.221. The second-order valence-electron chi connectivity index (χ2n) is 18.6. The Labute approximate surface area is 369 Å². The fourth-order valence-corrected chi connectivity index (χ4v) is 8.66. The van der Waals surface area contributed by atoms with Gasteiger partial charge < -0.3 is 46.1 Å². The summed E-state index contributed by atoms with van der Waals surface area (Å²) in [5, 5.41) is 55.2. The van der Waals surface area contributed by atoms with Crippen LogP contribution in [0.2, 0.25) is 0 Å². The van der Waals surface area contributed by atoms with E-state index in [4.69, 9.17) is 15.2 Å². The van der Waals surface area contributed by atoms with E-state index in [0.717, 1.165) is 38.5 Å². The van der Waals surface area contributed by atoms with Crippen molar-refractivity contribution in [3.8, 4) is 0 Å². The van der Waals surface area contributed by atoms with Crippen LogP contribution in [0.1, 0.15) is 251 Å². The van der Waals surface area contributed by atoms with Crippen molar-refractivity contribution < 1.29 is 39.8 Å². The first-order chi connectivity index (χ1) is 29.3. The Kier molecular flexibility index (Phi) is 39.0. The van der Waals surface area contributed by atoms with Crippen LogP contribution in [-0.2, 0) is 14.3 Å². The normalized spacial score (nSPS) is 21.0. The van der Waals surface area contributed by atoms with E-state index in [0.29, 0.717) is 12.8 Å². The van der Waals surface area contributed by atoms with Gasteiger partial charge in [-0.1, -0.05) is 232 Å². The molecule has 1 aliphatic rings. The van der Waals surface area contributed by atoms with Crippen molar-refractivity contribution in [1.29, 1.82) is 0 Å². The molecule has 0 saturated carbocycles. The molecule has 5 unspecified atom stereocenters. The monoisotopic (exact) mass is 857 g/mol. The highest BCUT2D eigenvalue weighted by atomic mass is 16.7. The van der Waals surface area contributed by atoms with E-state index in [1.807, 2.05) is 0 Å². The van der Waals surface area contributed by atoms with Crippen molar-refractivity contribution in [2.75, 3.05) is 13.2 Å². The van der Waals surface area contributed by atoms with E-state index in [1.54, 1.807) is 0 Å². The number of aliphatic hydroxyl groups excluding tert-OH is 5.